The van der Waals surface area contributed by atoms with Crippen molar-refractivity contribution in [3.05, 3.63) is 71.0 Å². The molecular weight excluding hydrogens is 388 g/mol. The zero-order chi connectivity index (χ0) is 20.5. The van der Waals surface area contributed by atoms with Crippen LogP contribution < -0.4 is 5.32 Å². The molecule has 1 aromatic carbocycles. The molecule has 0 saturated carbocycles. The molecule has 1 aromatic heterocycles. The van der Waals surface area contributed by atoms with Gasteiger partial charge in [0.15, 0.2) is 0 Å². The van der Waals surface area contributed by atoms with Crippen molar-refractivity contribution >= 4 is 29.5 Å². The first-order chi connectivity index (χ1) is 14.1. The summed E-state index contributed by atoms with van der Waals surface area (Å²) in [6, 6.07) is 11.5. The number of nitrogens with zero attached hydrogens (tertiary/aromatic N) is 3. The van der Waals surface area contributed by atoms with Gasteiger partial charge in [-0.3, -0.25) is 19.5 Å². The highest BCUT2D eigenvalue weighted by atomic mass is 35.5. The molecule has 1 aliphatic heterocycles. The molecule has 0 aliphatic carbocycles. The minimum atomic E-state index is -0.290. The Morgan fingerprint density at radius 1 is 1.10 bits per heavy atom. The molecule has 1 fully saturated rings. The SMILES string of the molecule is O=C(C=Cc1cccnc1)NCC(=O)N1CCCN(Cc2ccc(Cl)cc2)CC1. The van der Waals surface area contributed by atoms with Gasteiger partial charge in [-0.15, -0.1) is 0 Å². The van der Waals surface area contributed by atoms with Crippen LogP contribution in [-0.4, -0.2) is 59.3 Å². The molecule has 1 aliphatic rings. The summed E-state index contributed by atoms with van der Waals surface area (Å²) in [7, 11) is 0. The Morgan fingerprint density at radius 2 is 1.93 bits per heavy atom. The van der Waals surface area contributed by atoms with Crippen molar-refractivity contribution < 1.29 is 9.59 Å². The number of nitrogens with one attached hydrogen (secondary N) is 1. The number of hydrogen-bond acceptors (Lipinski definition) is 4. The minimum Gasteiger partial charge on any atom is -0.343 e. The molecule has 6 nitrogen and oxygen atoms in total. The maximum absolute atomic E-state index is 12.5. The van der Waals surface area contributed by atoms with Crippen LogP contribution in [0.4, 0.5) is 0 Å². The summed E-state index contributed by atoms with van der Waals surface area (Å²) in [5.74, 6) is -0.345. The smallest absolute Gasteiger partial charge is 0.244 e. The number of amides is 2. The summed E-state index contributed by atoms with van der Waals surface area (Å²) in [6.07, 6.45) is 7.35. The van der Waals surface area contributed by atoms with E-state index in [1.807, 2.05) is 35.2 Å². The van der Waals surface area contributed by atoms with Crippen LogP contribution >= 0.6 is 11.6 Å². The molecule has 2 heterocycles. The van der Waals surface area contributed by atoms with Gasteiger partial charge in [-0.1, -0.05) is 29.8 Å². The van der Waals surface area contributed by atoms with Crippen molar-refractivity contribution in [1.29, 1.82) is 0 Å². The van der Waals surface area contributed by atoms with E-state index in [1.54, 1.807) is 24.5 Å². The monoisotopic (exact) mass is 412 g/mol. The standard InChI is InChI=1S/C22H25ClN4O2/c23-20-7-4-19(5-8-20)17-26-11-2-12-27(14-13-26)22(29)16-25-21(28)9-6-18-3-1-10-24-15-18/h1,3-10,15H,2,11-14,16-17H2,(H,25,28). The van der Waals surface area contributed by atoms with Crippen LogP contribution in [0.3, 0.4) is 0 Å². The van der Waals surface area contributed by atoms with Crippen LogP contribution in [0.15, 0.2) is 54.9 Å². The van der Waals surface area contributed by atoms with E-state index in [1.165, 1.54) is 11.6 Å². The van der Waals surface area contributed by atoms with Crippen molar-refractivity contribution in [2.45, 2.75) is 13.0 Å². The molecule has 29 heavy (non-hydrogen) atoms. The Kier molecular flexibility index (Phi) is 7.78. The second-order valence-electron chi connectivity index (χ2n) is 6.97. The molecule has 7 heteroatoms. The summed E-state index contributed by atoms with van der Waals surface area (Å²) in [5, 5.41) is 3.40. The Balaban J connectivity index is 1.42. The molecule has 3 rings (SSSR count). The Bertz CT molecular complexity index is 840. The summed E-state index contributed by atoms with van der Waals surface area (Å²) < 4.78 is 0. The third-order valence-corrected chi connectivity index (χ3v) is 5.04. The predicted molar refractivity (Wildman–Crippen MR) is 114 cm³/mol. The van der Waals surface area contributed by atoms with Crippen molar-refractivity contribution in [2.24, 2.45) is 0 Å². The van der Waals surface area contributed by atoms with Gasteiger partial charge >= 0.3 is 0 Å². The van der Waals surface area contributed by atoms with Gasteiger partial charge in [0.2, 0.25) is 11.8 Å². The fourth-order valence-corrected chi connectivity index (χ4v) is 3.33. The molecule has 0 unspecified atom stereocenters. The van der Waals surface area contributed by atoms with Crippen LogP contribution in [0.5, 0.6) is 0 Å². The van der Waals surface area contributed by atoms with Crippen LogP contribution in [-0.2, 0) is 16.1 Å². The molecular formula is C22H25ClN4O2. The maximum atomic E-state index is 12.5. The van der Waals surface area contributed by atoms with Gasteiger partial charge in [0.25, 0.3) is 0 Å². The van der Waals surface area contributed by atoms with Crippen molar-refractivity contribution in [1.82, 2.24) is 20.1 Å². The minimum absolute atomic E-state index is 0.00734. The summed E-state index contributed by atoms with van der Waals surface area (Å²) in [5.41, 5.74) is 2.05. The van der Waals surface area contributed by atoms with Gasteiger partial charge < -0.3 is 10.2 Å². The molecule has 1 N–H and O–H groups in total. The third-order valence-electron chi connectivity index (χ3n) is 4.79. The second kappa shape index (κ2) is 10.7. The van der Waals surface area contributed by atoms with Crippen LogP contribution in [0.1, 0.15) is 17.5 Å². The van der Waals surface area contributed by atoms with Gasteiger partial charge in [0.1, 0.15) is 0 Å². The second-order valence-corrected chi connectivity index (χ2v) is 7.41. The first-order valence-electron chi connectivity index (χ1n) is 9.71. The lowest BCUT2D eigenvalue weighted by Crippen LogP contribution is -2.41. The summed E-state index contributed by atoms with van der Waals surface area (Å²) in [4.78, 5) is 32.6. The number of pyridine rings is 1. The van der Waals surface area contributed by atoms with E-state index < -0.39 is 0 Å². The zero-order valence-electron chi connectivity index (χ0n) is 16.3. The average molecular weight is 413 g/mol. The molecule has 0 spiro atoms. The average Bonchev–Trinajstić information content (AvgIpc) is 2.98. The number of carbonyl (C=O) groups excluding carboxylic acids is 2. The fourth-order valence-electron chi connectivity index (χ4n) is 3.21. The number of carbonyl (C=O) groups is 2. The van der Waals surface area contributed by atoms with Gasteiger partial charge in [-0.25, -0.2) is 0 Å². The quantitative estimate of drug-likeness (QED) is 0.740. The van der Waals surface area contributed by atoms with E-state index in [2.05, 4.69) is 15.2 Å². The van der Waals surface area contributed by atoms with Crippen molar-refractivity contribution in [3.8, 4) is 0 Å². The highest BCUT2D eigenvalue weighted by molar-refractivity contribution is 6.30. The lowest BCUT2D eigenvalue weighted by atomic mass is 10.2. The summed E-state index contributed by atoms with van der Waals surface area (Å²) >= 11 is 5.94. The number of halogens is 1. The number of rotatable bonds is 6. The van der Waals surface area contributed by atoms with Gasteiger partial charge in [0.05, 0.1) is 6.54 Å². The molecule has 2 amide bonds. The zero-order valence-corrected chi connectivity index (χ0v) is 17.0. The van der Waals surface area contributed by atoms with E-state index in [9.17, 15) is 9.59 Å². The van der Waals surface area contributed by atoms with Crippen molar-refractivity contribution in [3.63, 3.8) is 0 Å². The van der Waals surface area contributed by atoms with Crippen LogP contribution in [0, 0.1) is 0 Å². The molecule has 1 saturated heterocycles. The van der Waals surface area contributed by atoms with E-state index >= 15 is 0 Å². The van der Waals surface area contributed by atoms with Crippen molar-refractivity contribution in [2.75, 3.05) is 32.7 Å². The normalized spacial score (nSPS) is 15.3. The molecule has 2 aromatic rings. The number of aromatic nitrogens is 1. The molecule has 0 bridgehead atoms. The topological polar surface area (TPSA) is 65.5 Å². The predicted octanol–water partition coefficient (Wildman–Crippen LogP) is 2.60. The lowest BCUT2D eigenvalue weighted by Gasteiger charge is -2.22. The lowest BCUT2D eigenvalue weighted by molar-refractivity contribution is -0.131. The number of benzene rings is 1. The first kappa shape index (κ1) is 21.0. The maximum Gasteiger partial charge on any atom is 0.244 e. The van der Waals surface area contributed by atoms with E-state index in [-0.39, 0.29) is 18.4 Å². The Hall–Kier alpha value is -2.70. The third kappa shape index (κ3) is 7.00. The largest absolute Gasteiger partial charge is 0.343 e. The van der Waals surface area contributed by atoms with E-state index in [0.29, 0.717) is 13.1 Å². The molecule has 0 radical (unpaired) electrons. The number of hydrogen-bond donors (Lipinski definition) is 1. The molecule has 152 valence electrons. The van der Waals surface area contributed by atoms with Gasteiger partial charge in [-0.05, 0) is 41.8 Å². The Labute approximate surface area is 176 Å². The summed E-state index contributed by atoms with van der Waals surface area (Å²) in [6.45, 7) is 3.96. The first-order valence-corrected chi connectivity index (χ1v) is 10.1. The highest BCUT2D eigenvalue weighted by Gasteiger charge is 2.19. The van der Waals surface area contributed by atoms with Gasteiger partial charge in [0, 0.05) is 56.2 Å². The van der Waals surface area contributed by atoms with Crippen LogP contribution in [0.2, 0.25) is 5.02 Å². The van der Waals surface area contributed by atoms with E-state index in [4.69, 9.17) is 11.6 Å². The van der Waals surface area contributed by atoms with Crippen LogP contribution in [0.25, 0.3) is 6.08 Å². The fraction of sp³-hybridized carbons (Fsp3) is 0.318. The Morgan fingerprint density at radius 3 is 2.69 bits per heavy atom. The van der Waals surface area contributed by atoms with Gasteiger partial charge in [-0.2, -0.15) is 0 Å². The van der Waals surface area contributed by atoms with E-state index in [0.717, 1.165) is 36.6 Å². The molecule has 0 atom stereocenters. The highest BCUT2D eigenvalue weighted by Crippen LogP contribution is 2.13.